The predicted molar refractivity (Wildman–Crippen MR) is 71.4 cm³/mol. The molecule has 0 amide bonds. The maximum atomic E-state index is 11.8. The number of aryl methyl sites for hydroxylation is 1. The Balaban J connectivity index is 1.83. The molecule has 7 nitrogen and oxygen atoms in total. The molecule has 0 radical (unpaired) electrons. The van der Waals surface area contributed by atoms with Gasteiger partial charge in [0.05, 0.1) is 5.75 Å². The van der Waals surface area contributed by atoms with E-state index in [4.69, 9.17) is 0 Å². The molecule has 0 unspecified atom stereocenters. The molecule has 0 aliphatic carbocycles. The molecular formula is C9H17N5O2S2. The van der Waals surface area contributed by atoms with E-state index in [-0.39, 0.29) is 5.75 Å². The summed E-state index contributed by atoms with van der Waals surface area (Å²) in [4.78, 5) is 6.12. The average molecular weight is 291 g/mol. The summed E-state index contributed by atoms with van der Waals surface area (Å²) >= 11 is 1.06. The van der Waals surface area contributed by atoms with Crippen LogP contribution in [0.15, 0.2) is 0 Å². The van der Waals surface area contributed by atoms with Crippen LogP contribution in [-0.2, 0) is 10.0 Å². The molecule has 0 bridgehead atoms. The van der Waals surface area contributed by atoms with Gasteiger partial charge in [-0.2, -0.15) is 4.37 Å². The molecule has 1 saturated heterocycles. The molecular weight excluding hydrogens is 274 g/mol. The van der Waals surface area contributed by atoms with E-state index < -0.39 is 10.0 Å². The van der Waals surface area contributed by atoms with Gasteiger partial charge in [-0.15, -0.1) is 0 Å². The summed E-state index contributed by atoms with van der Waals surface area (Å²) in [5.41, 5.74) is 0. The van der Waals surface area contributed by atoms with Crippen LogP contribution < -0.4 is 10.0 Å². The maximum Gasteiger partial charge on any atom is 0.235 e. The van der Waals surface area contributed by atoms with Crippen LogP contribution >= 0.6 is 11.5 Å². The van der Waals surface area contributed by atoms with Crippen molar-refractivity contribution in [1.82, 2.24) is 19.6 Å². The van der Waals surface area contributed by atoms with Crippen molar-refractivity contribution in [2.75, 3.05) is 43.2 Å². The average Bonchev–Trinajstić information content (AvgIpc) is 2.73. The second kappa shape index (κ2) is 5.91. The highest BCUT2D eigenvalue weighted by atomic mass is 32.2. The minimum Gasteiger partial charge on any atom is -0.314 e. The monoisotopic (exact) mass is 291 g/mol. The van der Waals surface area contributed by atoms with Crippen molar-refractivity contribution < 1.29 is 8.42 Å². The third kappa shape index (κ3) is 4.16. The lowest BCUT2D eigenvalue weighted by Crippen LogP contribution is -2.45. The van der Waals surface area contributed by atoms with E-state index in [9.17, 15) is 8.42 Å². The Kier molecular flexibility index (Phi) is 4.49. The van der Waals surface area contributed by atoms with E-state index >= 15 is 0 Å². The lowest BCUT2D eigenvalue weighted by Gasteiger charge is -2.26. The molecule has 2 rings (SSSR count). The van der Waals surface area contributed by atoms with Crippen molar-refractivity contribution in [2.24, 2.45) is 0 Å². The number of aromatic nitrogens is 2. The molecule has 1 aliphatic heterocycles. The number of piperazine rings is 1. The van der Waals surface area contributed by atoms with Crippen molar-refractivity contribution in [1.29, 1.82) is 0 Å². The van der Waals surface area contributed by atoms with E-state index in [1.165, 1.54) is 0 Å². The van der Waals surface area contributed by atoms with Crippen LogP contribution in [-0.4, -0.2) is 61.2 Å². The van der Waals surface area contributed by atoms with Gasteiger partial charge in [0.25, 0.3) is 0 Å². The molecule has 2 heterocycles. The van der Waals surface area contributed by atoms with Crippen LogP contribution in [0.3, 0.4) is 0 Å². The Bertz CT molecular complexity index is 481. The van der Waals surface area contributed by atoms with E-state index in [1.807, 2.05) is 0 Å². The number of hydrogen-bond acceptors (Lipinski definition) is 7. The van der Waals surface area contributed by atoms with E-state index in [2.05, 4.69) is 24.3 Å². The molecule has 0 atom stereocenters. The lowest BCUT2D eigenvalue weighted by molar-refractivity contribution is 0.254. The summed E-state index contributed by atoms with van der Waals surface area (Å²) in [7, 11) is -3.32. The Morgan fingerprint density at radius 1 is 1.44 bits per heavy atom. The maximum absolute atomic E-state index is 11.8. The van der Waals surface area contributed by atoms with Crippen LogP contribution in [0.2, 0.25) is 0 Å². The van der Waals surface area contributed by atoms with Gasteiger partial charge in [0.2, 0.25) is 15.2 Å². The summed E-state index contributed by atoms with van der Waals surface area (Å²) in [6.07, 6.45) is 0. The minimum atomic E-state index is -3.32. The molecule has 0 saturated carbocycles. The van der Waals surface area contributed by atoms with Crippen LogP contribution in [0.4, 0.5) is 5.13 Å². The molecule has 0 spiro atoms. The molecule has 1 fully saturated rings. The van der Waals surface area contributed by atoms with Crippen molar-refractivity contribution in [3.05, 3.63) is 5.82 Å². The summed E-state index contributed by atoms with van der Waals surface area (Å²) in [5.74, 6) is 0.672. The molecule has 18 heavy (non-hydrogen) atoms. The van der Waals surface area contributed by atoms with Crippen molar-refractivity contribution in [3.63, 3.8) is 0 Å². The van der Waals surface area contributed by atoms with Crippen LogP contribution in [0.1, 0.15) is 5.82 Å². The Morgan fingerprint density at radius 2 is 2.17 bits per heavy atom. The third-order valence-electron chi connectivity index (χ3n) is 2.66. The van der Waals surface area contributed by atoms with E-state index in [1.54, 1.807) is 6.92 Å². The van der Waals surface area contributed by atoms with E-state index in [0.29, 0.717) is 17.5 Å². The van der Waals surface area contributed by atoms with Crippen molar-refractivity contribution in [2.45, 2.75) is 6.92 Å². The number of nitrogens with zero attached hydrogens (tertiary/aromatic N) is 3. The molecule has 102 valence electrons. The van der Waals surface area contributed by atoms with Crippen molar-refractivity contribution >= 4 is 26.7 Å². The second-order valence-corrected chi connectivity index (χ2v) is 6.75. The molecule has 1 aromatic heterocycles. The van der Waals surface area contributed by atoms with Gasteiger partial charge in [0.1, 0.15) is 5.82 Å². The highest BCUT2D eigenvalue weighted by Gasteiger charge is 2.16. The predicted octanol–water partition coefficient (Wildman–Crippen LogP) is -0.507. The van der Waals surface area contributed by atoms with Crippen molar-refractivity contribution in [3.8, 4) is 0 Å². The van der Waals surface area contributed by atoms with Crippen LogP contribution in [0.25, 0.3) is 0 Å². The van der Waals surface area contributed by atoms with Gasteiger partial charge in [-0.3, -0.25) is 9.62 Å². The van der Waals surface area contributed by atoms with Gasteiger partial charge in [-0.1, -0.05) is 0 Å². The number of nitrogens with one attached hydrogen (secondary N) is 2. The van der Waals surface area contributed by atoms with Crippen LogP contribution in [0.5, 0.6) is 0 Å². The summed E-state index contributed by atoms with van der Waals surface area (Å²) in [6, 6.07) is 0. The quantitative estimate of drug-likeness (QED) is 0.760. The van der Waals surface area contributed by atoms with Gasteiger partial charge in [-0.05, 0) is 6.92 Å². The van der Waals surface area contributed by atoms with Gasteiger partial charge < -0.3 is 5.32 Å². The SMILES string of the molecule is Cc1nsc(NS(=O)(=O)CCN2CCNCC2)n1. The standard InChI is InChI=1S/C9H17N5O2S2/c1-8-11-9(17-12-8)13-18(15,16)7-6-14-4-2-10-3-5-14/h10H,2-7H2,1H3,(H,11,12,13). The van der Waals surface area contributed by atoms with Gasteiger partial charge in [0.15, 0.2) is 0 Å². The first kappa shape index (κ1) is 13.7. The zero-order valence-corrected chi connectivity index (χ0v) is 11.9. The summed E-state index contributed by atoms with van der Waals surface area (Å²) in [6.45, 7) is 5.91. The Hall–Kier alpha value is -0.770. The first-order valence-electron chi connectivity index (χ1n) is 5.79. The molecule has 0 aromatic carbocycles. The lowest BCUT2D eigenvalue weighted by atomic mass is 10.4. The third-order valence-corrected chi connectivity index (χ3v) is 4.73. The fraction of sp³-hybridized carbons (Fsp3) is 0.778. The first-order chi connectivity index (χ1) is 8.55. The fourth-order valence-corrected chi connectivity index (χ4v) is 3.58. The summed E-state index contributed by atoms with van der Waals surface area (Å²) < 4.78 is 30.1. The largest absolute Gasteiger partial charge is 0.314 e. The Labute approximate surface area is 111 Å². The molecule has 1 aromatic rings. The number of hydrogen-bond donors (Lipinski definition) is 2. The Morgan fingerprint density at radius 3 is 2.78 bits per heavy atom. The van der Waals surface area contributed by atoms with Gasteiger partial charge in [-0.25, -0.2) is 13.4 Å². The molecule has 2 N–H and O–H groups in total. The number of anilines is 1. The van der Waals surface area contributed by atoms with E-state index in [0.717, 1.165) is 37.7 Å². The number of sulfonamides is 1. The fourth-order valence-electron chi connectivity index (χ4n) is 1.71. The zero-order valence-electron chi connectivity index (χ0n) is 10.2. The molecule has 1 aliphatic rings. The topological polar surface area (TPSA) is 87.2 Å². The minimum absolute atomic E-state index is 0.0889. The zero-order chi connectivity index (χ0) is 13.0. The first-order valence-corrected chi connectivity index (χ1v) is 8.22. The van der Waals surface area contributed by atoms with Gasteiger partial charge in [0, 0.05) is 44.3 Å². The highest BCUT2D eigenvalue weighted by Crippen LogP contribution is 2.12. The smallest absolute Gasteiger partial charge is 0.235 e. The van der Waals surface area contributed by atoms with Gasteiger partial charge >= 0.3 is 0 Å². The number of rotatable bonds is 5. The van der Waals surface area contributed by atoms with Crippen LogP contribution in [0, 0.1) is 6.92 Å². The normalized spacial score (nSPS) is 17.8. The molecule has 9 heteroatoms. The summed E-state index contributed by atoms with van der Waals surface area (Å²) in [5, 5.41) is 3.57. The highest BCUT2D eigenvalue weighted by molar-refractivity contribution is 7.92. The second-order valence-electron chi connectivity index (χ2n) is 4.16.